The molecule has 0 heterocycles. The second-order valence-electron chi connectivity index (χ2n) is 4.57. The maximum Gasteiger partial charge on any atom is 0.235 e. The lowest BCUT2D eigenvalue weighted by Gasteiger charge is -2.22. The predicted molar refractivity (Wildman–Crippen MR) is 63.6 cm³/mol. The summed E-state index contributed by atoms with van der Waals surface area (Å²) in [5, 5.41) is 0. The van der Waals surface area contributed by atoms with Gasteiger partial charge >= 0.3 is 0 Å². The number of ether oxygens (including phenoxy) is 1. The molecule has 1 rings (SSSR count). The predicted octanol–water partition coefficient (Wildman–Crippen LogP) is 2.70. The number of hydrogen-bond acceptors (Lipinski definition) is 3. The maximum atomic E-state index is 9.90. The van der Waals surface area contributed by atoms with Crippen LogP contribution in [0.3, 0.4) is 0 Å². The Labute approximate surface area is 96.2 Å². The Kier molecular flexibility index (Phi) is 4.27. The molecule has 0 aliphatic carbocycles. The van der Waals surface area contributed by atoms with Crippen LogP contribution in [0.4, 0.5) is 0 Å². The van der Waals surface area contributed by atoms with Gasteiger partial charge in [0.2, 0.25) is 6.08 Å². The Balaban J connectivity index is 2.75. The number of aliphatic imine (C=N–C) groups is 1. The molecule has 0 spiro atoms. The van der Waals surface area contributed by atoms with Crippen LogP contribution in [0.15, 0.2) is 29.3 Å². The molecule has 16 heavy (non-hydrogen) atoms. The van der Waals surface area contributed by atoms with E-state index in [-0.39, 0.29) is 5.41 Å². The second-order valence-corrected chi connectivity index (χ2v) is 4.57. The molecular weight excluding hydrogens is 202 g/mol. The number of rotatable bonds is 4. The summed E-state index contributed by atoms with van der Waals surface area (Å²) in [7, 11) is 0. The van der Waals surface area contributed by atoms with Crippen LogP contribution in [0, 0.1) is 0 Å². The third-order valence-electron chi connectivity index (χ3n) is 2.22. The Morgan fingerprint density at radius 1 is 1.31 bits per heavy atom. The highest BCUT2D eigenvalue weighted by Gasteiger charge is 2.17. The molecule has 1 aromatic rings. The average molecular weight is 219 g/mol. The van der Waals surface area contributed by atoms with Crippen LogP contribution in [0.5, 0.6) is 5.75 Å². The molecule has 0 fully saturated rings. The van der Waals surface area contributed by atoms with Gasteiger partial charge in [0.25, 0.3) is 0 Å². The summed E-state index contributed by atoms with van der Waals surface area (Å²) in [4.78, 5) is 13.3. The monoisotopic (exact) mass is 219 g/mol. The molecular formula is C13H17NO2. The SMILES string of the molecule is CC(C)(C)c1ccccc1OCCN=C=O. The molecule has 1 aromatic carbocycles. The minimum atomic E-state index is 0.0462. The highest BCUT2D eigenvalue weighted by Crippen LogP contribution is 2.30. The summed E-state index contributed by atoms with van der Waals surface area (Å²) < 4.78 is 5.59. The standard InChI is InChI=1S/C13H17NO2/c1-13(2,3)11-6-4-5-7-12(11)16-9-8-14-10-15/h4-7H,8-9H2,1-3H3. The van der Waals surface area contributed by atoms with Crippen LogP contribution >= 0.6 is 0 Å². The molecule has 0 saturated carbocycles. The maximum absolute atomic E-state index is 9.90. The van der Waals surface area contributed by atoms with Gasteiger partial charge < -0.3 is 4.74 Å². The van der Waals surface area contributed by atoms with Crippen molar-refractivity contribution in [3.8, 4) is 5.75 Å². The average Bonchev–Trinajstić information content (AvgIpc) is 2.24. The van der Waals surface area contributed by atoms with Crippen molar-refractivity contribution >= 4 is 6.08 Å². The number of isocyanates is 1. The van der Waals surface area contributed by atoms with Crippen LogP contribution in [0.25, 0.3) is 0 Å². The summed E-state index contributed by atoms with van der Waals surface area (Å²) in [6.07, 6.45) is 1.49. The molecule has 0 bridgehead atoms. The van der Waals surface area contributed by atoms with Crippen molar-refractivity contribution in [3.05, 3.63) is 29.8 Å². The minimum Gasteiger partial charge on any atom is -0.491 e. The topological polar surface area (TPSA) is 38.7 Å². The van der Waals surface area contributed by atoms with Gasteiger partial charge in [-0.2, -0.15) is 0 Å². The Hall–Kier alpha value is -1.60. The van der Waals surface area contributed by atoms with Crippen molar-refractivity contribution in [2.45, 2.75) is 26.2 Å². The summed E-state index contributed by atoms with van der Waals surface area (Å²) >= 11 is 0. The highest BCUT2D eigenvalue weighted by atomic mass is 16.5. The number of hydrogen-bond donors (Lipinski definition) is 0. The highest BCUT2D eigenvalue weighted by molar-refractivity contribution is 5.38. The largest absolute Gasteiger partial charge is 0.491 e. The van der Waals surface area contributed by atoms with Crippen LogP contribution in [-0.2, 0) is 10.2 Å². The first kappa shape index (κ1) is 12.5. The quantitative estimate of drug-likeness (QED) is 0.443. The third-order valence-corrected chi connectivity index (χ3v) is 2.22. The fraction of sp³-hybridized carbons (Fsp3) is 0.462. The molecule has 0 aliphatic rings. The van der Waals surface area contributed by atoms with Gasteiger partial charge in [0.15, 0.2) is 0 Å². The normalized spacial score (nSPS) is 10.7. The van der Waals surface area contributed by atoms with E-state index < -0.39 is 0 Å². The number of para-hydroxylation sites is 1. The lowest BCUT2D eigenvalue weighted by Crippen LogP contribution is -2.14. The fourth-order valence-electron chi connectivity index (χ4n) is 1.46. The molecule has 3 nitrogen and oxygen atoms in total. The number of nitrogens with zero attached hydrogens (tertiary/aromatic N) is 1. The van der Waals surface area contributed by atoms with E-state index in [0.717, 1.165) is 11.3 Å². The van der Waals surface area contributed by atoms with E-state index in [1.807, 2.05) is 18.2 Å². The molecule has 0 N–H and O–H groups in total. The first-order valence-electron chi connectivity index (χ1n) is 5.31. The first-order valence-corrected chi connectivity index (χ1v) is 5.31. The summed E-state index contributed by atoms with van der Waals surface area (Å²) in [5.41, 5.74) is 1.20. The van der Waals surface area contributed by atoms with Crippen molar-refractivity contribution in [1.29, 1.82) is 0 Å². The molecule has 0 amide bonds. The zero-order chi connectivity index (χ0) is 12.0. The molecule has 86 valence electrons. The van der Waals surface area contributed by atoms with Gasteiger partial charge in [-0.25, -0.2) is 9.79 Å². The smallest absolute Gasteiger partial charge is 0.235 e. The summed E-state index contributed by atoms with van der Waals surface area (Å²) in [6.45, 7) is 7.17. The molecule has 0 aliphatic heterocycles. The molecule has 0 saturated heterocycles. The number of benzene rings is 1. The van der Waals surface area contributed by atoms with Crippen LogP contribution in [-0.4, -0.2) is 19.2 Å². The summed E-state index contributed by atoms with van der Waals surface area (Å²) in [5.74, 6) is 0.857. The van der Waals surface area contributed by atoms with Crippen LogP contribution in [0.1, 0.15) is 26.3 Å². The van der Waals surface area contributed by atoms with Crippen molar-refractivity contribution < 1.29 is 9.53 Å². The van der Waals surface area contributed by atoms with E-state index in [1.54, 1.807) is 0 Å². The first-order chi connectivity index (χ1) is 7.55. The van der Waals surface area contributed by atoms with E-state index in [0.29, 0.717) is 13.2 Å². The van der Waals surface area contributed by atoms with Gasteiger partial charge in [-0.05, 0) is 17.0 Å². The second kappa shape index (κ2) is 5.47. The van der Waals surface area contributed by atoms with E-state index in [2.05, 4.69) is 31.8 Å². The van der Waals surface area contributed by atoms with Gasteiger partial charge in [0.05, 0.1) is 6.54 Å². The molecule has 0 atom stereocenters. The Morgan fingerprint density at radius 3 is 2.62 bits per heavy atom. The van der Waals surface area contributed by atoms with Gasteiger partial charge in [-0.15, -0.1) is 0 Å². The zero-order valence-electron chi connectivity index (χ0n) is 9.99. The van der Waals surface area contributed by atoms with Gasteiger partial charge in [0, 0.05) is 0 Å². The van der Waals surface area contributed by atoms with Crippen LogP contribution in [0.2, 0.25) is 0 Å². The molecule has 0 radical (unpaired) electrons. The molecule has 0 aromatic heterocycles. The van der Waals surface area contributed by atoms with E-state index in [1.165, 1.54) is 6.08 Å². The van der Waals surface area contributed by atoms with Crippen molar-refractivity contribution in [2.75, 3.05) is 13.2 Å². The lowest BCUT2D eigenvalue weighted by molar-refractivity contribution is 0.319. The Morgan fingerprint density at radius 2 is 2.00 bits per heavy atom. The van der Waals surface area contributed by atoms with Gasteiger partial charge in [-0.3, -0.25) is 0 Å². The fourth-order valence-corrected chi connectivity index (χ4v) is 1.46. The van der Waals surface area contributed by atoms with E-state index in [9.17, 15) is 4.79 Å². The van der Waals surface area contributed by atoms with Gasteiger partial charge in [-0.1, -0.05) is 39.0 Å². The van der Waals surface area contributed by atoms with Crippen molar-refractivity contribution in [3.63, 3.8) is 0 Å². The number of carbonyl (C=O) groups excluding carboxylic acids is 1. The molecule has 3 heteroatoms. The minimum absolute atomic E-state index is 0.0462. The zero-order valence-corrected chi connectivity index (χ0v) is 9.99. The lowest BCUT2D eigenvalue weighted by atomic mass is 9.86. The van der Waals surface area contributed by atoms with Crippen molar-refractivity contribution in [2.24, 2.45) is 4.99 Å². The van der Waals surface area contributed by atoms with Crippen molar-refractivity contribution in [1.82, 2.24) is 0 Å². The van der Waals surface area contributed by atoms with Gasteiger partial charge in [0.1, 0.15) is 12.4 Å². The Bertz CT molecular complexity index is 387. The third kappa shape index (κ3) is 3.52. The van der Waals surface area contributed by atoms with Crippen LogP contribution < -0.4 is 4.74 Å². The van der Waals surface area contributed by atoms with E-state index >= 15 is 0 Å². The summed E-state index contributed by atoms with van der Waals surface area (Å²) in [6, 6.07) is 7.92. The molecule has 0 unspecified atom stereocenters. The van der Waals surface area contributed by atoms with E-state index in [4.69, 9.17) is 4.74 Å².